The summed E-state index contributed by atoms with van der Waals surface area (Å²) in [6.07, 6.45) is 1.18. The lowest BCUT2D eigenvalue weighted by atomic mass is 10.1. The molecule has 0 saturated carbocycles. The van der Waals surface area contributed by atoms with Gasteiger partial charge in [0.2, 0.25) is 0 Å². The highest BCUT2D eigenvalue weighted by atomic mass is 32.2. The van der Waals surface area contributed by atoms with Crippen molar-refractivity contribution in [2.24, 2.45) is 0 Å². The molecule has 0 radical (unpaired) electrons. The van der Waals surface area contributed by atoms with Crippen LogP contribution in [0, 0.1) is 6.92 Å². The van der Waals surface area contributed by atoms with E-state index in [1.165, 1.54) is 6.26 Å². The number of amides is 2. The number of fused-ring (bicyclic) bond motifs is 1. The highest BCUT2D eigenvalue weighted by molar-refractivity contribution is 7.92. The maximum atomic E-state index is 12.4. The van der Waals surface area contributed by atoms with Gasteiger partial charge in [-0.2, -0.15) is 0 Å². The van der Waals surface area contributed by atoms with E-state index in [0.29, 0.717) is 19.7 Å². The Morgan fingerprint density at radius 2 is 2.09 bits per heavy atom. The molecule has 0 spiro atoms. The Kier molecular flexibility index (Phi) is 4.89. The molecule has 128 valence electrons. The topological polar surface area (TPSA) is 75.7 Å². The van der Waals surface area contributed by atoms with E-state index in [1.54, 1.807) is 18.7 Å². The smallest absolute Gasteiger partial charge is 0.317 e. The molecule has 2 rings (SSSR count). The Balaban J connectivity index is 2.06. The zero-order valence-electron chi connectivity index (χ0n) is 14.0. The second-order valence-corrected chi connectivity index (χ2v) is 9.22. The number of sulfone groups is 1. The number of carbonyl (C=O) groups is 1. The van der Waals surface area contributed by atoms with Crippen LogP contribution < -0.4 is 10.1 Å². The van der Waals surface area contributed by atoms with Crippen molar-refractivity contribution < 1.29 is 17.9 Å². The van der Waals surface area contributed by atoms with E-state index in [1.807, 2.05) is 25.1 Å². The molecule has 0 unspecified atom stereocenters. The molecule has 0 aliphatic carbocycles. The minimum absolute atomic E-state index is 0.0721. The predicted molar refractivity (Wildman–Crippen MR) is 89.4 cm³/mol. The first-order chi connectivity index (χ1) is 10.6. The van der Waals surface area contributed by atoms with Gasteiger partial charge >= 0.3 is 6.03 Å². The Bertz CT molecular complexity index is 698. The number of urea groups is 1. The molecule has 1 aromatic rings. The lowest BCUT2D eigenvalue weighted by molar-refractivity contribution is 0.187. The highest BCUT2D eigenvalue weighted by Crippen LogP contribution is 2.24. The Morgan fingerprint density at radius 1 is 1.39 bits per heavy atom. The van der Waals surface area contributed by atoms with Crippen LogP contribution in [0.5, 0.6) is 5.75 Å². The molecule has 23 heavy (non-hydrogen) atoms. The van der Waals surface area contributed by atoms with Crippen molar-refractivity contribution in [3.05, 3.63) is 29.3 Å². The van der Waals surface area contributed by atoms with Crippen LogP contribution in [0.4, 0.5) is 4.79 Å². The minimum atomic E-state index is -3.25. The van der Waals surface area contributed by atoms with Crippen LogP contribution in [-0.4, -0.2) is 50.0 Å². The molecule has 0 bridgehead atoms. The van der Waals surface area contributed by atoms with Crippen LogP contribution in [0.2, 0.25) is 0 Å². The average molecular weight is 340 g/mol. The van der Waals surface area contributed by atoms with Crippen LogP contribution in [0.25, 0.3) is 0 Å². The molecule has 0 aromatic heterocycles. The number of aryl methyl sites for hydroxylation is 1. The first-order valence-corrected chi connectivity index (χ1v) is 9.44. The number of rotatable bonds is 3. The average Bonchev–Trinajstić information content (AvgIpc) is 2.65. The van der Waals surface area contributed by atoms with Crippen molar-refractivity contribution in [1.82, 2.24) is 10.2 Å². The van der Waals surface area contributed by atoms with Gasteiger partial charge in [-0.05, 0) is 26.8 Å². The van der Waals surface area contributed by atoms with E-state index < -0.39 is 14.6 Å². The number of nitrogens with zero attached hydrogens (tertiary/aromatic N) is 1. The largest absolute Gasteiger partial charge is 0.491 e. The van der Waals surface area contributed by atoms with Crippen molar-refractivity contribution in [3.8, 4) is 5.75 Å². The fourth-order valence-electron chi connectivity index (χ4n) is 2.23. The third kappa shape index (κ3) is 4.16. The summed E-state index contributed by atoms with van der Waals surface area (Å²) in [5, 5.41) is 2.72. The van der Waals surface area contributed by atoms with Gasteiger partial charge in [0.1, 0.15) is 12.4 Å². The van der Waals surface area contributed by atoms with Gasteiger partial charge in [0.15, 0.2) is 9.84 Å². The van der Waals surface area contributed by atoms with E-state index in [0.717, 1.165) is 16.9 Å². The maximum Gasteiger partial charge on any atom is 0.317 e. The summed E-state index contributed by atoms with van der Waals surface area (Å²) in [5.74, 6) is 0.794. The first-order valence-electron chi connectivity index (χ1n) is 7.55. The summed E-state index contributed by atoms with van der Waals surface area (Å²) in [5.41, 5.74) is 2.06. The maximum absolute atomic E-state index is 12.4. The molecule has 2 amide bonds. The van der Waals surface area contributed by atoms with E-state index in [4.69, 9.17) is 4.74 Å². The fraction of sp³-hybridized carbons (Fsp3) is 0.562. The fourth-order valence-corrected chi connectivity index (χ4v) is 2.56. The number of hydrogen-bond acceptors (Lipinski definition) is 4. The van der Waals surface area contributed by atoms with E-state index >= 15 is 0 Å². The van der Waals surface area contributed by atoms with E-state index in [2.05, 4.69) is 5.32 Å². The number of benzene rings is 1. The van der Waals surface area contributed by atoms with Crippen molar-refractivity contribution in [2.45, 2.75) is 32.1 Å². The van der Waals surface area contributed by atoms with Gasteiger partial charge in [0.25, 0.3) is 0 Å². The molecule has 0 fully saturated rings. The summed E-state index contributed by atoms with van der Waals surface area (Å²) in [4.78, 5) is 14.0. The van der Waals surface area contributed by atoms with Crippen molar-refractivity contribution in [1.29, 1.82) is 0 Å². The number of hydrogen-bond donors (Lipinski definition) is 1. The Labute approximate surface area is 137 Å². The highest BCUT2D eigenvalue weighted by Gasteiger charge is 2.31. The van der Waals surface area contributed by atoms with Gasteiger partial charge in [-0.15, -0.1) is 0 Å². The molecule has 0 atom stereocenters. The molecule has 1 N–H and O–H groups in total. The summed E-state index contributed by atoms with van der Waals surface area (Å²) < 4.78 is 28.1. The molecule has 1 heterocycles. The molecule has 1 aliphatic rings. The van der Waals surface area contributed by atoms with Crippen molar-refractivity contribution in [2.75, 3.05) is 26.0 Å². The lowest BCUT2D eigenvalue weighted by Crippen LogP contribution is -2.48. The molecular formula is C16H24N2O4S. The Hall–Kier alpha value is -1.76. The van der Waals surface area contributed by atoms with Crippen molar-refractivity contribution in [3.63, 3.8) is 0 Å². The number of nitrogens with one attached hydrogen (secondary N) is 1. The second kappa shape index (κ2) is 6.39. The van der Waals surface area contributed by atoms with Crippen LogP contribution in [0.15, 0.2) is 18.2 Å². The van der Waals surface area contributed by atoms with Crippen LogP contribution >= 0.6 is 0 Å². The summed E-state index contributed by atoms with van der Waals surface area (Å²) in [6.45, 7) is 6.59. The van der Waals surface area contributed by atoms with E-state index in [-0.39, 0.29) is 12.6 Å². The quantitative estimate of drug-likeness (QED) is 0.909. The molecule has 0 saturated heterocycles. The normalized spacial score (nSPS) is 15.4. The standard InChI is InChI=1S/C16H24N2O4S/c1-12-5-6-14-13(9-12)10-18(7-8-22-14)15(19)17-11-16(2,3)23(4,20)21/h5-6,9H,7-8,10-11H2,1-4H3,(H,17,19). The second-order valence-electron chi connectivity index (χ2n) is 6.57. The Morgan fingerprint density at radius 3 is 2.74 bits per heavy atom. The predicted octanol–water partition coefficient (Wildman–Crippen LogP) is 1.72. The number of carbonyl (C=O) groups excluding carboxylic acids is 1. The number of ether oxygens (including phenoxy) is 1. The third-order valence-corrected chi connectivity index (χ3v) is 6.30. The molecule has 7 heteroatoms. The van der Waals surface area contributed by atoms with Gasteiger partial charge in [-0.25, -0.2) is 13.2 Å². The third-order valence-electron chi connectivity index (χ3n) is 4.15. The lowest BCUT2D eigenvalue weighted by Gasteiger charge is -2.26. The van der Waals surface area contributed by atoms with Gasteiger partial charge in [-0.3, -0.25) is 0 Å². The van der Waals surface area contributed by atoms with Gasteiger partial charge in [-0.1, -0.05) is 17.7 Å². The van der Waals surface area contributed by atoms with E-state index in [9.17, 15) is 13.2 Å². The molecule has 1 aromatic carbocycles. The molecular weight excluding hydrogens is 316 g/mol. The summed E-state index contributed by atoms with van der Waals surface area (Å²) in [6, 6.07) is 5.61. The van der Waals surface area contributed by atoms with Gasteiger partial charge in [0, 0.05) is 18.4 Å². The zero-order valence-corrected chi connectivity index (χ0v) is 14.9. The monoisotopic (exact) mass is 340 g/mol. The summed E-state index contributed by atoms with van der Waals surface area (Å²) >= 11 is 0. The van der Waals surface area contributed by atoms with Crippen molar-refractivity contribution >= 4 is 15.9 Å². The SMILES string of the molecule is Cc1ccc2c(c1)CN(C(=O)NCC(C)(C)S(C)(=O)=O)CCO2. The van der Waals surface area contributed by atoms with Gasteiger partial charge < -0.3 is 15.0 Å². The van der Waals surface area contributed by atoms with Crippen LogP contribution in [0.1, 0.15) is 25.0 Å². The summed E-state index contributed by atoms with van der Waals surface area (Å²) in [7, 11) is -3.25. The molecule has 6 nitrogen and oxygen atoms in total. The zero-order chi connectivity index (χ0) is 17.3. The van der Waals surface area contributed by atoms with Gasteiger partial charge in [0.05, 0.1) is 17.8 Å². The minimum Gasteiger partial charge on any atom is -0.491 e. The van der Waals surface area contributed by atoms with Crippen LogP contribution in [0.3, 0.4) is 0 Å². The van der Waals surface area contributed by atoms with Crippen LogP contribution in [-0.2, 0) is 16.4 Å². The first kappa shape index (κ1) is 17.6. The molecule has 1 aliphatic heterocycles.